The van der Waals surface area contributed by atoms with Gasteiger partial charge >= 0.3 is 0 Å². The van der Waals surface area contributed by atoms with Crippen LogP contribution < -0.4 is 5.32 Å². The summed E-state index contributed by atoms with van der Waals surface area (Å²) in [5, 5.41) is 11.6. The number of amides is 1. The monoisotopic (exact) mass is 262 g/mol. The van der Waals surface area contributed by atoms with Crippen LogP contribution in [0.25, 0.3) is 0 Å². The number of carbonyl (C=O) groups is 1. The third kappa shape index (κ3) is 2.91. The van der Waals surface area contributed by atoms with Gasteiger partial charge in [0.2, 0.25) is 5.91 Å². The molecule has 2 atom stereocenters. The number of nitrogens with zero attached hydrogens (tertiary/aromatic N) is 1. The van der Waals surface area contributed by atoms with Crippen molar-refractivity contribution >= 4 is 11.6 Å². The Kier molecular flexibility index (Phi) is 4.13. The summed E-state index contributed by atoms with van der Waals surface area (Å²) in [5.41, 5.74) is 0.468. The van der Waals surface area contributed by atoms with Gasteiger partial charge in [-0.1, -0.05) is 6.92 Å². The van der Waals surface area contributed by atoms with Gasteiger partial charge in [-0.05, 0) is 31.0 Å². The van der Waals surface area contributed by atoms with E-state index >= 15 is 0 Å². The number of hydrogen-bond donors (Lipinski definition) is 1. The van der Waals surface area contributed by atoms with Crippen LogP contribution in [0, 0.1) is 23.1 Å². The number of hydrogen-bond acceptors (Lipinski definition) is 3. The molecule has 0 spiro atoms. The van der Waals surface area contributed by atoms with Crippen LogP contribution in [0.2, 0.25) is 0 Å². The Morgan fingerprint density at radius 1 is 1.63 bits per heavy atom. The van der Waals surface area contributed by atoms with Crippen LogP contribution in [0.15, 0.2) is 18.2 Å². The van der Waals surface area contributed by atoms with Crippen molar-refractivity contribution in [1.82, 2.24) is 0 Å². The topological polar surface area (TPSA) is 62.1 Å². The van der Waals surface area contributed by atoms with Crippen LogP contribution in [0.4, 0.5) is 10.1 Å². The smallest absolute Gasteiger partial charge is 0.230 e. The summed E-state index contributed by atoms with van der Waals surface area (Å²) in [6.07, 6.45) is 1.37. The Morgan fingerprint density at radius 3 is 3.11 bits per heavy atom. The molecule has 1 aromatic rings. The molecule has 19 heavy (non-hydrogen) atoms. The molecule has 1 saturated heterocycles. The second kappa shape index (κ2) is 5.81. The Hall–Kier alpha value is -1.93. The van der Waals surface area contributed by atoms with Gasteiger partial charge in [0.05, 0.1) is 23.3 Å². The second-order valence-electron chi connectivity index (χ2n) is 4.50. The van der Waals surface area contributed by atoms with Gasteiger partial charge in [0.1, 0.15) is 11.9 Å². The first-order valence-electron chi connectivity index (χ1n) is 6.27. The van der Waals surface area contributed by atoms with E-state index in [1.165, 1.54) is 12.1 Å². The highest BCUT2D eigenvalue weighted by atomic mass is 19.1. The molecule has 1 aromatic carbocycles. The van der Waals surface area contributed by atoms with Gasteiger partial charge in [-0.3, -0.25) is 4.79 Å². The Labute approximate surface area is 111 Å². The fourth-order valence-electron chi connectivity index (χ4n) is 2.29. The zero-order valence-electron chi connectivity index (χ0n) is 10.6. The number of nitriles is 1. The van der Waals surface area contributed by atoms with Gasteiger partial charge in [-0.2, -0.15) is 5.26 Å². The minimum Gasteiger partial charge on any atom is -0.377 e. The summed E-state index contributed by atoms with van der Waals surface area (Å²) in [5.74, 6) is -0.876. The maximum Gasteiger partial charge on any atom is 0.230 e. The van der Waals surface area contributed by atoms with Gasteiger partial charge < -0.3 is 10.1 Å². The maximum atomic E-state index is 13.0. The highest BCUT2D eigenvalue weighted by molar-refractivity contribution is 5.94. The Bertz CT molecular complexity index is 525. The lowest BCUT2D eigenvalue weighted by molar-refractivity contribution is -0.121. The fourth-order valence-corrected chi connectivity index (χ4v) is 2.29. The zero-order valence-corrected chi connectivity index (χ0v) is 10.6. The summed E-state index contributed by atoms with van der Waals surface area (Å²) in [6.45, 7) is 2.54. The third-order valence-electron chi connectivity index (χ3n) is 3.31. The fraction of sp³-hybridized carbons (Fsp3) is 0.429. The number of halogens is 1. The van der Waals surface area contributed by atoms with Gasteiger partial charge in [0, 0.05) is 6.61 Å². The molecule has 0 bridgehead atoms. The minimum absolute atomic E-state index is 0.0778. The molecule has 100 valence electrons. The van der Waals surface area contributed by atoms with E-state index in [1.807, 2.05) is 13.0 Å². The van der Waals surface area contributed by atoms with E-state index < -0.39 is 5.82 Å². The summed E-state index contributed by atoms with van der Waals surface area (Å²) < 4.78 is 18.5. The van der Waals surface area contributed by atoms with Crippen molar-refractivity contribution in [2.24, 2.45) is 5.92 Å². The second-order valence-corrected chi connectivity index (χ2v) is 4.50. The van der Waals surface area contributed by atoms with Gasteiger partial charge in [0.15, 0.2) is 0 Å². The lowest BCUT2D eigenvalue weighted by Crippen LogP contribution is -2.29. The van der Waals surface area contributed by atoms with Gasteiger partial charge in [-0.25, -0.2) is 4.39 Å². The Balaban J connectivity index is 2.13. The van der Waals surface area contributed by atoms with Crippen molar-refractivity contribution in [2.75, 3.05) is 11.9 Å². The molecule has 1 fully saturated rings. The van der Waals surface area contributed by atoms with Crippen molar-refractivity contribution in [2.45, 2.75) is 25.9 Å². The molecule has 0 aromatic heterocycles. The molecule has 1 heterocycles. The van der Waals surface area contributed by atoms with E-state index in [-0.39, 0.29) is 23.5 Å². The first kappa shape index (κ1) is 13.5. The summed E-state index contributed by atoms with van der Waals surface area (Å²) in [6, 6.07) is 5.61. The van der Waals surface area contributed by atoms with Crippen molar-refractivity contribution in [3.63, 3.8) is 0 Å². The molecule has 1 aliphatic heterocycles. The first-order chi connectivity index (χ1) is 9.15. The summed E-state index contributed by atoms with van der Waals surface area (Å²) in [7, 11) is 0. The van der Waals surface area contributed by atoms with Gasteiger partial charge in [-0.15, -0.1) is 0 Å². The molecule has 0 radical (unpaired) electrons. The average molecular weight is 262 g/mol. The quantitative estimate of drug-likeness (QED) is 0.910. The SMILES string of the molecule is CCC1OCCC1C(=O)Nc1ccc(F)cc1C#N. The number of anilines is 1. The lowest BCUT2D eigenvalue weighted by atomic mass is 9.98. The van der Waals surface area contributed by atoms with Crippen LogP contribution in [-0.4, -0.2) is 18.6 Å². The lowest BCUT2D eigenvalue weighted by Gasteiger charge is -2.16. The molecule has 1 N–H and O–H groups in total. The molecule has 5 heteroatoms. The van der Waals surface area contributed by atoms with Crippen molar-refractivity contribution in [1.29, 1.82) is 5.26 Å². The van der Waals surface area contributed by atoms with E-state index in [2.05, 4.69) is 5.32 Å². The summed E-state index contributed by atoms with van der Waals surface area (Å²) >= 11 is 0. The van der Waals surface area contributed by atoms with Crippen LogP contribution in [0.3, 0.4) is 0 Å². The van der Waals surface area contributed by atoms with Crippen molar-refractivity contribution in [3.8, 4) is 6.07 Å². The highest BCUT2D eigenvalue weighted by Crippen LogP contribution is 2.25. The molecule has 2 rings (SSSR count). The number of benzene rings is 1. The average Bonchev–Trinajstić information content (AvgIpc) is 2.89. The summed E-state index contributed by atoms with van der Waals surface area (Å²) in [4.78, 5) is 12.1. The number of rotatable bonds is 3. The van der Waals surface area contributed by atoms with E-state index in [0.29, 0.717) is 18.7 Å². The molecule has 4 nitrogen and oxygen atoms in total. The highest BCUT2D eigenvalue weighted by Gasteiger charge is 2.32. The molecule has 1 amide bonds. The zero-order chi connectivity index (χ0) is 13.8. The molecule has 2 unspecified atom stereocenters. The normalized spacial score (nSPS) is 21.9. The van der Waals surface area contributed by atoms with E-state index in [4.69, 9.17) is 10.00 Å². The van der Waals surface area contributed by atoms with Crippen LogP contribution >= 0.6 is 0 Å². The van der Waals surface area contributed by atoms with Crippen LogP contribution in [0.5, 0.6) is 0 Å². The van der Waals surface area contributed by atoms with Crippen molar-refractivity contribution < 1.29 is 13.9 Å². The third-order valence-corrected chi connectivity index (χ3v) is 3.31. The predicted molar refractivity (Wildman–Crippen MR) is 67.9 cm³/mol. The number of nitrogens with one attached hydrogen (secondary N) is 1. The first-order valence-corrected chi connectivity index (χ1v) is 6.27. The molecule has 0 aliphatic carbocycles. The number of carbonyl (C=O) groups excluding carboxylic acids is 1. The molecular weight excluding hydrogens is 247 g/mol. The predicted octanol–water partition coefficient (Wildman–Crippen LogP) is 2.45. The molecule has 0 saturated carbocycles. The van der Waals surface area contributed by atoms with E-state index in [1.54, 1.807) is 0 Å². The Morgan fingerprint density at radius 2 is 2.42 bits per heavy atom. The van der Waals surface area contributed by atoms with Crippen LogP contribution in [-0.2, 0) is 9.53 Å². The van der Waals surface area contributed by atoms with Crippen LogP contribution in [0.1, 0.15) is 25.3 Å². The molecular formula is C14H15FN2O2. The maximum absolute atomic E-state index is 13.0. The van der Waals surface area contributed by atoms with E-state index in [0.717, 1.165) is 12.5 Å². The molecule has 1 aliphatic rings. The number of ether oxygens (including phenoxy) is 1. The minimum atomic E-state index is -0.495. The van der Waals surface area contributed by atoms with E-state index in [9.17, 15) is 9.18 Å². The van der Waals surface area contributed by atoms with Crippen molar-refractivity contribution in [3.05, 3.63) is 29.6 Å². The standard InChI is InChI=1S/C14H15FN2O2/c1-2-13-11(5-6-19-13)14(18)17-12-4-3-10(15)7-9(12)8-16/h3-4,7,11,13H,2,5-6H2,1H3,(H,17,18). The van der Waals surface area contributed by atoms with Gasteiger partial charge in [0.25, 0.3) is 0 Å². The largest absolute Gasteiger partial charge is 0.377 e.